The van der Waals surface area contributed by atoms with Gasteiger partial charge in [-0.15, -0.1) is 0 Å². The average Bonchev–Trinajstić information content (AvgIpc) is 3.45. The standard InChI is InChI=1S/C35H40O12/c1-29(2)24(44-28(40)35-15-13-33(8,26(38)47-35)31(35,5)6)23(43-27(39)34-14-12-32(7,25(37)46-34)30(34,3)4)21-18(45-29)11-10-17-19(41-9)16-20(36)42-22(17)21/h10-11,16,23-24H,12-15H2,1-9H3/t23-,24-,32-,33-,34-,35-/m1/s1. The first-order valence-corrected chi connectivity index (χ1v) is 16.0. The number of hydrogen-bond acceptors (Lipinski definition) is 12. The van der Waals surface area contributed by atoms with Gasteiger partial charge in [0.25, 0.3) is 0 Å². The molecule has 0 spiro atoms. The SMILES string of the molecule is COc1cc(=O)oc2c3c(ccc12)OC(C)(C)[C@H](OC(=O)[C@@]12CC[C@](C)(C(=O)O1)C2(C)C)[C@@H]3OC(=O)[C@@]12CC[C@](C)(C(=O)O1)C2(C)C. The summed E-state index contributed by atoms with van der Waals surface area (Å²) in [5, 5.41) is 0.385. The van der Waals surface area contributed by atoms with Crippen molar-refractivity contribution in [2.24, 2.45) is 21.7 Å². The average molecular weight is 653 g/mol. The normalized spacial score (nSPS) is 36.7. The van der Waals surface area contributed by atoms with E-state index in [4.69, 9.17) is 32.8 Å². The molecule has 2 aliphatic carbocycles. The molecule has 0 radical (unpaired) electrons. The van der Waals surface area contributed by atoms with Crippen molar-refractivity contribution in [2.75, 3.05) is 7.11 Å². The molecular formula is C35H40O12. The van der Waals surface area contributed by atoms with Gasteiger partial charge in [-0.25, -0.2) is 14.4 Å². The second kappa shape index (κ2) is 9.08. The van der Waals surface area contributed by atoms with E-state index in [-0.39, 0.29) is 35.5 Å². The minimum atomic E-state index is -1.62. The van der Waals surface area contributed by atoms with Gasteiger partial charge in [0.1, 0.15) is 17.1 Å². The first-order chi connectivity index (χ1) is 21.7. The summed E-state index contributed by atoms with van der Waals surface area (Å²) in [7, 11) is 1.40. The van der Waals surface area contributed by atoms with Gasteiger partial charge < -0.3 is 32.8 Å². The highest BCUT2D eigenvalue weighted by Gasteiger charge is 2.78. The van der Waals surface area contributed by atoms with Crippen molar-refractivity contribution >= 4 is 34.8 Å². The zero-order valence-corrected chi connectivity index (χ0v) is 28.1. The molecule has 12 nitrogen and oxygen atoms in total. The van der Waals surface area contributed by atoms with Crippen LogP contribution in [0.5, 0.6) is 11.5 Å². The molecular weight excluding hydrogens is 612 g/mol. The zero-order valence-electron chi connectivity index (χ0n) is 28.1. The lowest BCUT2D eigenvalue weighted by Gasteiger charge is -2.45. The highest BCUT2D eigenvalue weighted by atomic mass is 16.7. The predicted octanol–water partition coefficient (Wildman–Crippen LogP) is 4.71. The third kappa shape index (κ3) is 3.51. The number of carbonyl (C=O) groups excluding carboxylic acids is 4. The Balaban J connectivity index is 1.38. The van der Waals surface area contributed by atoms with Crippen LogP contribution in [0.25, 0.3) is 11.0 Å². The molecule has 0 unspecified atom stereocenters. The van der Waals surface area contributed by atoms with Crippen LogP contribution < -0.4 is 15.1 Å². The molecule has 1 aromatic heterocycles. The van der Waals surface area contributed by atoms with E-state index < -0.39 is 80.2 Å². The molecule has 12 heteroatoms. The molecule has 4 heterocycles. The van der Waals surface area contributed by atoms with Crippen LogP contribution >= 0.6 is 0 Å². The van der Waals surface area contributed by atoms with Crippen molar-refractivity contribution in [3.8, 4) is 11.5 Å². The van der Waals surface area contributed by atoms with Crippen molar-refractivity contribution in [1.29, 1.82) is 0 Å². The van der Waals surface area contributed by atoms with Crippen molar-refractivity contribution < 1.29 is 52.0 Å². The minimum absolute atomic E-state index is 0.0110. The van der Waals surface area contributed by atoms with Crippen LogP contribution in [0.1, 0.15) is 92.7 Å². The van der Waals surface area contributed by atoms with E-state index in [2.05, 4.69) is 0 Å². The lowest BCUT2D eigenvalue weighted by Crippen LogP contribution is -2.57. The van der Waals surface area contributed by atoms with E-state index in [1.807, 2.05) is 13.8 Å². The van der Waals surface area contributed by atoms with Crippen LogP contribution in [0.2, 0.25) is 0 Å². The Bertz CT molecular complexity index is 1850. The summed E-state index contributed by atoms with van der Waals surface area (Å²) in [5.41, 5.74) is -8.78. The van der Waals surface area contributed by atoms with Crippen LogP contribution in [-0.2, 0) is 38.1 Å². The number of rotatable bonds is 5. The molecule has 4 bridgehead atoms. The maximum Gasteiger partial charge on any atom is 0.351 e. The number of hydrogen-bond donors (Lipinski definition) is 0. The number of ether oxygens (including phenoxy) is 6. The molecule has 4 fully saturated rings. The van der Waals surface area contributed by atoms with E-state index in [0.717, 1.165) is 0 Å². The lowest BCUT2D eigenvalue weighted by molar-refractivity contribution is -0.217. The molecule has 7 rings (SSSR count). The van der Waals surface area contributed by atoms with Gasteiger partial charge in [-0.1, -0.05) is 27.7 Å². The fourth-order valence-corrected chi connectivity index (χ4v) is 8.73. The van der Waals surface area contributed by atoms with Gasteiger partial charge >= 0.3 is 29.5 Å². The summed E-state index contributed by atoms with van der Waals surface area (Å²) >= 11 is 0. The first-order valence-electron chi connectivity index (χ1n) is 16.0. The molecule has 5 aliphatic rings. The van der Waals surface area contributed by atoms with Crippen LogP contribution in [0, 0.1) is 21.7 Å². The number of methoxy groups -OCH3 is 1. The summed E-state index contributed by atoms with van der Waals surface area (Å²) in [6, 6.07) is 4.47. The number of fused-ring (bicyclic) bond motifs is 7. The maximum absolute atomic E-state index is 14.5. The second-order valence-corrected chi connectivity index (χ2v) is 15.7. The Morgan fingerprint density at radius 1 is 0.745 bits per heavy atom. The van der Waals surface area contributed by atoms with Gasteiger partial charge in [0.15, 0.2) is 17.8 Å². The third-order valence-electron chi connectivity index (χ3n) is 13.0. The largest absolute Gasteiger partial charge is 0.496 e. The summed E-state index contributed by atoms with van der Waals surface area (Å²) in [5.74, 6) is -2.17. The molecule has 0 N–H and O–H groups in total. The van der Waals surface area contributed by atoms with E-state index in [0.29, 0.717) is 18.2 Å². The van der Waals surface area contributed by atoms with E-state index in [1.54, 1.807) is 53.7 Å². The Morgan fingerprint density at radius 2 is 1.28 bits per heavy atom. The van der Waals surface area contributed by atoms with Gasteiger partial charge in [-0.3, -0.25) is 9.59 Å². The quantitative estimate of drug-likeness (QED) is 0.250. The van der Waals surface area contributed by atoms with E-state index in [9.17, 15) is 24.0 Å². The molecule has 0 amide bonds. The number of benzene rings is 1. The molecule has 47 heavy (non-hydrogen) atoms. The van der Waals surface area contributed by atoms with Crippen LogP contribution in [-0.4, -0.2) is 53.9 Å². The number of carbonyl (C=O) groups is 4. The smallest absolute Gasteiger partial charge is 0.351 e. The van der Waals surface area contributed by atoms with Crippen LogP contribution in [0.4, 0.5) is 0 Å². The summed E-state index contributed by atoms with van der Waals surface area (Å²) in [4.78, 5) is 67.7. The highest BCUT2D eigenvalue weighted by molar-refractivity contribution is 5.95. The molecule has 6 atom stereocenters. The Hall–Kier alpha value is -4.09. The summed E-state index contributed by atoms with van der Waals surface area (Å²) in [6.45, 7) is 14.1. The molecule has 2 saturated heterocycles. The van der Waals surface area contributed by atoms with Gasteiger partial charge in [0.2, 0.25) is 11.2 Å². The van der Waals surface area contributed by atoms with E-state index >= 15 is 0 Å². The van der Waals surface area contributed by atoms with Crippen molar-refractivity contribution in [1.82, 2.24) is 0 Å². The molecule has 3 aliphatic heterocycles. The van der Waals surface area contributed by atoms with Gasteiger partial charge in [-0.2, -0.15) is 0 Å². The summed E-state index contributed by atoms with van der Waals surface area (Å²) < 4.78 is 41.9. The Kier molecular flexibility index (Phi) is 6.08. The Morgan fingerprint density at radius 3 is 1.74 bits per heavy atom. The first kappa shape index (κ1) is 31.5. The zero-order chi connectivity index (χ0) is 34.3. The Labute approximate surface area is 271 Å². The van der Waals surface area contributed by atoms with Gasteiger partial charge in [0.05, 0.1) is 35.0 Å². The predicted molar refractivity (Wildman–Crippen MR) is 162 cm³/mol. The van der Waals surface area contributed by atoms with Crippen LogP contribution in [0.15, 0.2) is 27.4 Å². The van der Waals surface area contributed by atoms with Gasteiger partial charge in [-0.05, 0) is 65.5 Å². The third-order valence-corrected chi connectivity index (χ3v) is 13.0. The fourth-order valence-electron chi connectivity index (χ4n) is 8.73. The van der Waals surface area contributed by atoms with Crippen molar-refractivity contribution in [3.05, 3.63) is 34.2 Å². The maximum atomic E-state index is 14.5. The number of esters is 4. The highest BCUT2D eigenvalue weighted by Crippen LogP contribution is 2.67. The lowest BCUT2D eigenvalue weighted by atomic mass is 9.66. The topological polar surface area (TPSA) is 154 Å². The molecule has 252 valence electrons. The molecule has 2 aromatic rings. The summed E-state index contributed by atoms with van der Waals surface area (Å²) in [6.07, 6.45) is -1.43. The van der Waals surface area contributed by atoms with Crippen molar-refractivity contribution in [3.63, 3.8) is 0 Å². The second-order valence-electron chi connectivity index (χ2n) is 15.7. The molecule has 2 saturated carbocycles. The van der Waals surface area contributed by atoms with Crippen molar-refractivity contribution in [2.45, 2.75) is 110 Å². The van der Waals surface area contributed by atoms with Crippen LogP contribution in [0.3, 0.4) is 0 Å². The van der Waals surface area contributed by atoms with Gasteiger partial charge in [0, 0.05) is 10.8 Å². The fraction of sp³-hybridized carbons (Fsp3) is 0.629. The molecule has 1 aromatic carbocycles. The van der Waals surface area contributed by atoms with E-state index in [1.165, 1.54) is 13.2 Å². The minimum Gasteiger partial charge on any atom is -0.496 e. The monoisotopic (exact) mass is 652 g/mol.